The minimum Gasteiger partial charge on any atom is -0.465 e. The SMILES string of the molecule is CC[C@@H](CN)N(C(=O)O)C(C)(C)C. The van der Waals surface area contributed by atoms with Crippen molar-refractivity contribution in [2.45, 2.75) is 45.7 Å². The van der Waals surface area contributed by atoms with Gasteiger partial charge >= 0.3 is 6.09 Å². The molecule has 0 fully saturated rings. The molecule has 3 N–H and O–H groups in total. The van der Waals surface area contributed by atoms with E-state index in [-0.39, 0.29) is 11.6 Å². The van der Waals surface area contributed by atoms with Gasteiger partial charge in [0.2, 0.25) is 0 Å². The standard InChI is InChI=1S/C9H20N2O2/c1-5-7(6-10)11(8(12)13)9(2,3)4/h7H,5-6,10H2,1-4H3,(H,12,13)/t7-/m0/s1. The maximum atomic E-state index is 11.0. The predicted octanol–water partition coefficient (Wildman–Crippen LogP) is 1.50. The number of amides is 1. The monoisotopic (exact) mass is 188 g/mol. The van der Waals surface area contributed by atoms with Gasteiger partial charge in [0.15, 0.2) is 0 Å². The molecule has 1 amide bonds. The second kappa shape index (κ2) is 4.46. The van der Waals surface area contributed by atoms with E-state index in [2.05, 4.69) is 0 Å². The highest BCUT2D eigenvalue weighted by atomic mass is 16.4. The highest BCUT2D eigenvalue weighted by Crippen LogP contribution is 2.18. The van der Waals surface area contributed by atoms with E-state index in [9.17, 15) is 4.79 Å². The molecule has 4 nitrogen and oxygen atoms in total. The van der Waals surface area contributed by atoms with Gasteiger partial charge in [-0.15, -0.1) is 0 Å². The molecule has 0 unspecified atom stereocenters. The Bertz CT molecular complexity index is 171. The number of hydrogen-bond donors (Lipinski definition) is 2. The van der Waals surface area contributed by atoms with Gasteiger partial charge in [-0.05, 0) is 27.2 Å². The first-order valence-corrected chi connectivity index (χ1v) is 4.56. The van der Waals surface area contributed by atoms with Gasteiger partial charge in [0.1, 0.15) is 0 Å². The molecule has 78 valence electrons. The van der Waals surface area contributed by atoms with Crippen LogP contribution in [0, 0.1) is 0 Å². The summed E-state index contributed by atoms with van der Waals surface area (Å²) < 4.78 is 0. The third-order valence-electron chi connectivity index (χ3n) is 2.04. The second-order valence-corrected chi connectivity index (χ2v) is 4.12. The van der Waals surface area contributed by atoms with Crippen LogP contribution in [0.2, 0.25) is 0 Å². The average Bonchev–Trinajstić information content (AvgIpc) is 1.96. The lowest BCUT2D eigenvalue weighted by Crippen LogP contribution is -2.53. The van der Waals surface area contributed by atoms with Gasteiger partial charge in [-0.25, -0.2) is 4.79 Å². The Morgan fingerprint density at radius 2 is 2.00 bits per heavy atom. The summed E-state index contributed by atoms with van der Waals surface area (Å²) >= 11 is 0. The molecule has 0 bridgehead atoms. The number of carbonyl (C=O) groups is 1. The number of nitrogens with zero attached hydrogens (tertiary/aromatic N) is 1. The number of nitrogens with two attached hydrogens (primary N) is 1. The topological polar surface area (TPSA) is 66.6 Å². The summed E-state index contributed by atoms with van der Waals surface area (Å²) in [6, 6.07) is -0.0856. The molecule has 0 aromatic carbocycles. The lowest BCUT2D eigenvalue weighted by atomic mass is 10.0. The zero-order chi connectivity index (χ0) is 10.6. The van der Waals surface area contributed by atoms with Crippen molar-refractivity contribution in [3.8, 4) is 0 Å². The van der Waals surface area contributed by atoms with Gasteiger partial charge in [-0.3, -0.25) is 4.90 Å². The van der Waals surface area contributed by atoms with Crippen LogP contribution >= 0.6 is 0 Å². The fourth-order valence-corrected chi connectivity index (χ4v) is 1.45. The van der Waals surface area contributed by atoms with E-state index in [1.165, 1.54) is 4.90 Å². The summed E-state index contributed by atoms with van der Waals surface area (Å²) in [7, 11) is 0. The Hall–Kier alpha value is -0.770. The zero-order valence-electron chi connectivity index (χ0n) is 8.87. The van der Waals surface area contributed by atoms with Crippen LogP contribution in [-0.2, 0) is 0 Å². The number of carboxylic acid groups (broad SMARTS) is 1. The van der Waals surface area contributed by atoms with Gasteiger partial charge in [0, 0.05) is 18.1 Å². The molecule has 0 saturated heterocycles. The fraction of sp³-hybridized carbons (Fsp3) is 0.889. The van der Waals surface area contributed by atoms with Gasteiger partial charge in [-0.2, -0.15) is 0 Å². The molecule has 0 aromatic rings. The van der Waals surface area contributed by atoms with Crippen LogP contribution in [0.25, 0.3) is 0 Å². The third kappa shape index (κ3) is 3.22. The smallest absolute Gasteiger partial charge is 0.408 e. The lowest BCUT2D eigenvalue weighted by Gasteiger charge is -2.38. The Balaban J connectivity index is 4.69. The van der Waals surface area contributed by atoms with E-state index >= 15 is 0 Å². The van der Waals surface area contributed by atoms with Crippen molar-refractivity contribution >= 4 is 6.09 Å². The Kier molecular flexibility index (Phi) is 4.20. The molecule has 0 aliphatic carbocycles. The average molecular weight is 188 g/mol. The van der Waals surface area contributed by atoms with Gasteiger partial charge in [-0.1, -0.05) is 6.92 Å². The normalized spacial score (nSPS) is 13.9. The van der Waals surface area contributed by atoms with Crippen molar-refractivity contribution in [1.82, 2.24) is 4.90 Å². The van der Waals surface area contributed by atoms with Crippen LogP contribution in [0.3, 0.4) is 0 Å². The molecule has 1 atom stereocenters. The van der Waals surface area contributed by atoms with E-state index in [0.717, 1.165) is 6.42 Å². The second-order valence-electron chi connectivity index (χ2n) is 4.12. The summed E-state index contributed by atoms with van der Waals surface area (Å²) in [5.41, 5.74) is 5.13. The molecule has 0 heterocycles. The van der Waals surface area contributed by atoms with Gasteiger partial charge < -0.3 is 10.8 Å². The maximum Gasteiger partial charge on any atom is 0.408 e. The van der Waals surface area contributed by atoms with E-state index in [0.29, 0.717) is 6.54 Å². The van der Waals surface area contributed by atoms with E-state index < -0.39 is 6.09 Å². The molecule has 0 aliphatic rings. The molecule has 0 saturated carbocycles. The molecule has 0 spiro atoms. The molecule has 13 heavy (non-hydrogen) atoms. The van der Waals surface area contributed by atoms with E-state index in [1.807, 2.05) is 27.7 Å². The molecule has 4 heteroatoms. The van der Waals surface area contributed by atoms with E-state index in [1.54, 1.807) is 0 Å². The minimum atomic E-state index is -0.898. The van der Waals surface area contributed by atoms with Crippen LogP contribution < -0.4 is 5.73 Å². The molecule has 0 radical (unpaired) electrons. The Morgan fingerprint density at radius 1 is 1.54 bits per heavy atom. The van der Waals surface area contributed by atoms with Gasteiger partial charge in [0.05, 0.1) is 0 Å². The van der Waals surface area contributed by atoms with Crippen molar-refractivity contribution in [3.05, 3.63) is 0 Å². The van der Waals surface area contributed by atoms with Crippen molar-refractivity contribution in [2.24, 2.45) is 5.73 Å². The van der Waals surface area contributed by atoms with Crippen molar-refractivity contribution < 1.29 is 9.90 Å². The van der Waals surface area contributed by atoms with Crippen molar-refractivity contribution in [1.29, 1.82) is 0 Å². The quantitative estimate of drug-likeness (QED) is 0.705. The zero-order valence-corrected chi connectivity index (χ0v) is 8.87. The first-order chi connectivity index (χ1) is 5.84. The van der Waals surface area contributed by atoms with Crippen molar-refractivity contribution in [2.75, 3.05) is 6.54 Å². The summed E-state index contributed by atoms with van der Waals surface area (Å²) in [5.74, 6) is 0. The fourth-order valence-electron chi connectivity index (χ4n) is 1.45. The van der Waals surface area contributed by atoms with Crippen LogP contribution in [-0.4, -0.2) is 34.2 Å². The van der Waals surface area contributed by atoms with Crippen LogP contribution in [0.15, 0.2) is 0 Å². The summed E-state index contributed by atoms with van der Waals surface area (Å²) in [6.07, 6.45) is -0.148. The van der Waals surface area contributed by atoms with Crippen LogP contribution in [0.5, 0.6) is 0 Å². The number of rotatable bonds is 3. The minimum absolute atomic E-state index is 0.0856. The third-order valence-corrected chi connectivity index (χ3v) is 2.04. The largest absolute Gasteiger partial charge is 0.465 e. The maximum absolute atomic E-state index is 11.0. The molecular formula is C9H20N2O2. The van der Waals surface area contributed by atoms with Crippen molar-refractivity contribution in [3.63, 3.8) is 0 Å². The Labute approximate surface area is 79.7 Å². The molecule has 0 aliphatic heterocycles. The van der Waals surface area contributed by atoms with Crippen LogP contribution in [0.4, 0.5) is 4.79 Å². The molecule has 0 aromatic heterocycles. The molecule has 0 rings (SSSR count). The predicted molar refractivity (Wildman–Crippen MR) is 52.8 cm³/mol. The van der Waals surface area contributed by atoms with E-state index in [4.69, 9.17) is 10.8 Å². The first-order valence-electron chi connectivity index (χ1n) is 4.56. The summed E-state index contributed by atoms with van der Waals surface area (Å²) in [5, 5.41) is 9.01. The number of hydrogen-bond acceptors (Lipinski definition) is 2. The van der Waals surface area contributed by atoms with Crippen LogP contribution in [0.1, 0.15) is 34.1 Å². The lowest BCUT2D eigenvalue weighted by molar-refractivity contribution is 0.0711. The Morgan fingerprint density at radius 3 is 2.08 bits per heavy atom. The first kappa shape index (κ1) is 12.2. The summed E-state index contributed by atoms with van der Waals surface area (Å²) in [4.78, 5) is 12.4. The summed E-state index contributed by atoms with van der Waals surface area (Å²) in [6.45, 7) is 7.94. The van der Waals surface area contributed by atoms with Gasteiger partial charge in [0.25, 0.3) is 0 Å². The highest BCUT2D eigenvalue weighted by Gasteiger charge is 2.31. The highest BCUT2D eigenvalue weighted by molar-refractivity contribution is 5.66. The molecular weight excluding hydrogens is 168 g/mol.